The molecule has 5 heteroatoms. The summed E-state index contributed by atoms with van der Waals surface area (Å²) in [5.41, 5.74) is 0.709. The Kier molecular flexibility index (Phi) is 3.88. The van der Waals surface area contributed by atoms with Gasteiger partial charge in [-0.1, -0.05) is 0 Å². The van der Waals surface area contributed by atoms with Gasteiger partial charge in [0.15, 0.2) is 0 Å². The minimum atomic E-state index is -0.730. The molecule has 1 aromatic heterocycles. The lowest BCUT2D eigenvalue weighted by atomic mass is 9.94. The van der Waals surface area contributed by atoms with Gasteiger partial charge in [-0.15, -0.1) is 0 Å². The number of aromatic nitrogens is 1. The number of alkyl halides is 1. The number of amides is 1. The van der Waals surface area contributed by atoms with E-state index >= 15 is 0 Å². The maximum atomic E-state index is 12.9. The van der Waals surface area contributed by atoms with Gasteiger partial charge in [-0.05, 0) is 37.8 Å². The van der Waals surface area contributed by atoms with Crippen molar-refractivity contribution in [3.05, 3.63) is 29.6 Å². The Bertz CT molecular complexity index is 458. The Morgan fingerprint density at radius 1 is 1.39 bits per heavy atom. The topological polar surface area (TPSA) is 65.8 Å². The van der Waals surface area contributed by atoms with Gasteiger partial charge >= 0.3 is 0 Å². The van der Waals surface area contributed by atoms with Gasteiger partial charge in [0.2, 0.25) is 0 Å². The molecule has 18 heavy (non-hydrogen) atoms. The van der Waals surface area contributed by atoms with E-state index in [0.29, 0.717) is 31.2 Å². The summed E-state index contributed by atoms with van der Waals surface area (Å²) < 4.78 is 12.9. The number of carbonyl (C=O) groups excluding carboxylic acids is 1. The van der Waals surface area contributed by atoms with E-state index in [1.165, 1.54) is 12.3 Å². The number of nitriles is 1. The van der Waals surface area contributed by atoms with Crippen LogP contribution in [0.4, 0.5) is 4.39 Å². The van der Waals surface area contributed by atoms with Gasteiger partial charge in [0.05, 0.1) is 5.56 Å². The molecule has 94 valence electrons. The second-order valence-corrected chi connectivity index (χ2v) is 4.47. The predicted octanol–water partition coefficient (Wildman–Crippen LogP) is 1.96. The standard InChI is InChI=1S/C13H14FN3O/c14-10-2-4-11(5-3-10)17-13(18)12-6-1-9(7-15)8-16-12/h1,6,8,10-11H,2-5H2,(H,17,18). The quantitative estimate of drug-likeness (QED) is 0.868. The van der Waals surface area contributed by atoms with Gasteiger partial charge in [-0.2, -0.15) is 5.26 Å². The first-order valence-electron chi connectivity index (χ1n) is 6.00. The maximum absolute atomic E-state index is 12.9. The van der Waals surface area contributed by atoms with Crippen LogP contribution >= 0.6 is 0 Å². The Balaban J connectivity index is 1.93. The molecule has 0 aliphatic heterocycles. The van der Waals surface area contributed by atoms with Crippen molar-refractivity contribution in [3.8, 4) is 6.07 Å². The first-order valence-corrected chi connectivity index (χ1v) is 6.00. The minimum absolute atomic E-state index is 0.0296. The van der Waals surface area contributed by atoms with Crippen LogP contribution < -0.4 is 5.32 Å². The van der Waals surface area contributed by atoms with E-state index < -0.39 is 6.17 Å². The number of pyridine rings is 1. The first-order chi connectivity index (χ1) is 8.69. The normalized spacial score (nSPS) is 23.1. The average Bonchev–Trinajstić information content (AvgIpc) is 2.41. The highest BCUT2D eigenvalue weighted by molar-refractivity contribution is 5.92. The van der Waals surface area contributed by atoms with Gasteiger partial charge in [-0.3, -0.25) is 4.79 Å². The van der Waals surface area contributed by atoms with Crippen LogP contribution in [0.5, 0.6) is 0 Å². The Labute approximate surface area is 105 Å². The minimum Gasteiger partial charge on any atom is -0.348 e. The molecule has 1 N–H and O–H groups in total. The molecule has 2 rings (SSSR count). The molecular formula is C13H14FN3O. The molecule has 1 heterocycles. The summed E-state index contributed by atoms with van der Waals surface area (Å²) in [5, 5.41) is 11.5. The molecule has 4 nitrogen and oxygen atoms in total. The molecule has 1 aromatic rings. The van der Waals surface area contributed by atoms with E-state index in [1.807, 2.05) is 6.07 Å². The number of nitrogens with one attached hydrogen (secondary N) is 1. The summed E-state index contributed by atoms with van der Waals surface area (Å²) >= 11 is 0. The molecule has 0 unspecified atom stereocenters. The molecule has 1 fully saturated rings. The van der Waals surface area contributed by atoms with Crippen LogP contribution in [0, 0.1) is 11.3 Å². The predicted molar refractivity (Wildman–Crippen MR) is 63.6 cm³/mol. The van der Waals surface area contributed by atoms with Crippen molar-refractivity contribution in [3.63, 3.8) is 0 Å². The fourth-order valence-electron chi connectivity index (χ4n) is 2.05. The van der Waals surface area contributed by atoms with E-state index in [2.05, 4.69) is 10.3 Å². The van der Waals surface area contributed by atoms with Gasteiger partial charge in [-0.25, -0.2) is 9.37 Å². The lowest BCUT2D eigenvalue weighted by Crippen LogP contribution is -2.38. The molecule has 1 aliphatic carbocycles. The second-order valence-electron chi connectivity index (χ2n) is 4.47. The van der Waals surface area contributed by atoms with Crippen LogP contribution in [-0.2, 0) is 0 Å². The van der Waals surface area contributed by atoms with Gasteiger partial charge in [0.1, 0.15) is 17.9 Å². The summed E-state index contributed by atoms with van der Waals surface area (Å²) in [7, 11) is 0. The molecule has 1 amide bonds. The molecule has 1 saturated carbocycles. The van der Waals surface area contributed by atoms with Crippen molar-refractivity contribution < 1.29 is 9.18 Å². The third-order valence-electron chi connectivity index (χ3n) is 3.12. The van der Waals surface area contributed by atoms with Crippen LogP contribution in [0.1, 0.15) is 41.7 Å². The SMILES string of the molecule is N#Cc1ccc(C(=O)NC2CCC(F)CC2)nc1. The molecule has 0 bridgehead atoms. The average molecular weight is 247 g/mol. The van der Waals surface area contributed by atoms with E-state index in [0.717, 1.165) is 0 Å². The molecule has 0 saturated heterocycles. The van der Waals surface area contributed by atoms with Crippen LogP contribution in [0.3, 0.4) is 0 Å². The number of carbonyl (C=O) groups is 1. The van der Waals surface area contributed by atoms with Gasteiger partial charge < -0.3 is 5.32 Å². The van der Waals surface area contributed by atoms with E-state index in [1.54, 1.807) is 6.07 Å². The summed E-state index contributed by atoms with van der Waals surface area (Å²) in [5.74, 6) is -0.262. The van der Waals surface area contributed by atoms with Crippen molar-refractivity contribution in [1.82, 2.24) is 10.3 Å². The van der Waals surface area contributed by atoms with Gasteiger partial charge in [0.25, 0.3) is 5.91 Å². The highest BCUT2D eigenvalue weighted by Gasteiger charge is 2.22. The van der Waals surface area contributed by atoms with E-state index in [-0.39, 0.29) is 17.6 Å². The summed E-state index contributed by atoms with van der Waals surface area (Å²) in [6.45, 7) is 0. The number of halogens is 1. The van der Waals surface area contributed by atoms with Crippen LogP contribution in [0.2, 0.25) is 0 Å². The zero-order chi connectivity index (χ0) is 13.0. The molecule has 0 spiro atoms. The monoisotopic (exact) mass is 247 g/mol. The summed E-state index contributed by atoms with van der Waals surface area (Å²) in [6, 6.07) is 5.05. The highest BCUT2D eigenvalue weighted by atomic mass is 19.1. The molecule has 0 atom stereocenters. The first kappa shape index (κ1) is 12.5. The molecule has 1 aliphatic rings. The molecule has 0 aromatic carbocycles. The van der Waals surface area contributed by atoms with Crippen molar-refractivity contribution in [2.75, 3.05) is 0 Å². The van der Waals surface area contributed by atoms with Crippen molar-refractivity contribution in [1.29, 1.82) is 5.26 Å². The van der Waals surface area contributed by atoms with E-state index in [9.17, 15) is 9.18 Å². The molecule has 0 radical (unpaired) electrons. The van der Waals surface area contributed by atoms with Crippen LogP contribution in [0.25, 0.3) is 0 Å². The van der Waals surface area contributed by atoms with Crippen LogP contribution in [-0.4, -0.2) is 23.1 Å². The number of nitrogens with zero attached hydrogens (tertiary/aromatic N) is 2. The second kappa shape index (κ2) is 5.58. The number of hydrogen-bond donors (Lipinski definition) is 1. The zero-order valence-electron chi connectivity index (χ0n) is 9.90. The van der Waals surface area contributed by atoms with E-state index in [4.69, 9.17) is 5.26 Å². The zero-order valence-corrected chi connectivity index (χ0v) is 9.90. The number of hydrogen-bond acceptors (Lipinski definition) is 3. The fraction of sp³-hybridized carbons (Fsp3) is 0.462. The van der Waals surface area contributed by atoms with Crippen molar-refractivity contribution >= 4 is 5.91 Å². The molecular weight excluding hydrogens is 233 g/mol. The number of rotatable bonds is 2. The summed E-state index contributed by atoms with van der Waals surface area (Å²) in [6.07, 6.45) is 2.99. The lowest BCUT2D eigenvalue weighted by molar-refractivity contribution is 0.0911. The van der Waals surface area contributed by atoms with Crippen LogP contribution in [0.15, 0.2) is 18.3 Å². The third kappa shape index (κ3) is 3.04. The largest absolute Gasteiger partial charge is 0.348 e. The third-order valence-corrected chi connectivity index (χ3v) is 3.12. The highest BCUT2D eigenvalue weighted by Crippen LogP contribution is 2.21. The fourth-order valence-corrected chi connectivity index (χ4v) is 2.05. The van der Waals surface area contributed by atoms with Crippen molar-refractivity contribution in [2.24, 2.45) is 0 Å². The van der Waals surface area contributed by atoms with Gasteiger partial charge in [0, 0.05) is 12.2 Å². The Hall–Kier alpha value is -1.96. The Morgan fingerprint density at radius 3 is 2.67 bits per heavy atom. The smallest absolute Gasteiger partial charge is 0.270 e. The van der Waals surface area contributed by atoms with Crippen molar-refractivity contribution in [2.45, 2.75) is 37.9 Å². The summed E-state index contributed by atoms with van der Waals surface area (Å²) in [4.78, 5) is 15.8. The maximum Gasteiger partial charge on any atom is 0.270 e. The Morgan fingerprint density at radius 2 is 2.11 bits per heavy atom. The lowest BCUT2D eigenvalue weighted by Gasteiger charge is -2.24.